The van der Waals surface area contributed by atoms with E-state index in [1.807, 2.05) is 12.1 Å². The Kier molecular flexibility index (Phi) is 4.78. The summed E-state index contributed by atoms with van der Waals surface area (Å²) < 4.78 is 9.92. The van der Waals surface area contributed by atoms with Crippen molar-refractivity contribution in [2.75, 3.05) is 11.1 Å². The summed E-state index contributed by atoms with van der Waals surface area (Å²) in [5.41, 5.74) is 2.84. The Morgan fingerprint density at radius 3 is 2.88 bits per heavy atom. The number of carbonyl (C=O) groups is 1. The number of fused-ring (bicyclic) bond motifs is 1. The molecule has 0 saturated carbocycles. The van der Waals surface area contributed by atoms with Gasteiger partial charge in [-0.15, -0.1) is 5.10 Å². The van der Waals surface area contributed by atoms with E-state index in [1.54, 1.807) is 35.0 Å². The Balaban J connectivity index is 1.45. The van der Waals surface area contributed by atoms with Crippen LogP contribution in [0.2, 0.25) is 5.02 Å². The molecule has 4 aromatic rings. The number of hydrogen-bond donors (Lipinski definition) is 1. The van der Waals surface area contributed by atoms with Gasteiger partial charge in [0.2, 0.25) is 11.1 Å². The summed E-state index contributed by atoms with van der Waals surface area (Å²) >= 11 is 8.24. The molecule has 1 amide bonds. The van der Waals surface area contributed by atoms with Gasteiger partial charge in [-0.05, 0) is 46.8 Å². The minimum absolute atomic E-state index is 0.155. The van der Waals surface area contributed by atoms with Crippen LogP contribution in [-0.4, -0.2) is 40.6 Å². The molecule has 2 heterocycles. The van der Waals surface area contributed by atoms with E-state index in [-0.39, 0.29) is 11.7 Å². The second-order valence-electron chi connectivity index (χ2n) is 5.12. The lowest BCUT2D eigenvalue weighted by atomic mass is 10.2. The third-order valence-electron chi connectivity index (χ3n) is 3.40. The molecule has 1 N–H and O–H groups in total. The maximum Gasteiger partial charge on any atom is 0.234 e. The summed E-state index contributed by atoms with van der Waals surface area (Å²) in [6.07, 6.45) is 0. The predicted molar refractivity (Wildman–Crippen MR) is 101 cm³/mol. The van der Waals surface area contributed by atoms with Crippen LogP contribution in [0.3, 0.4) is 0 Å². The van der Waals surface area contributed by atoms with Gasteiger partial charge in [-0.1, -0.05) is 29.4 Å². The van der Waals surface area contributed by atoms with Crippen molar-refractivity contribution in [2.24, 2.45) is 0 Å². The van der Waals surface area contributed by atoms with E-state index < -0.39 is 0 Å². The number of hydrogen-bond acceptors (Lipinski definition) is 8. The first-order chi connectivity index (χ1) is 12.7. The highest BCUT2D eigenvalue weighted by Gasteiger charge is 2.13. The largest absolute Gasteiger partial charge is 0.323 e. The lowest BCUT2D eigenvalue weighted by Gasteiger charge is -2.06. The highest BCUT2D eigenvalue weighted by atomic mass is 35.5. The van der Waals surface area contributed by atoms with Crippen molar-refractivity contribution in [2.45, 2.75) is 5.16 Å². The van der Waals surface area contributed by atoms with Crippen molar-refractivity contribution in [3.05, 3.63) is 47.5 Å². The van der Waals surface area contributed by atoms with Crippen molar-refractivity contribution in [3.8, 4) is 5.69 Å². The summed E-state index contributed by atoms with van der Waals surface area (Å²) in [6.45, 7) is 0. The van der Waals surface area contributed by atoms with E-state index in [2.05, 4.69) is 29.6 Å². The molecule has 0 bridgehead atoms. The van der Waals surface area contributed by atoms with Gasteiger partial charge in [0.25, 0.3) is 0 Å². The zero-order valence-electron chi connectivity index (χ0n) is 13.0. The average molecular weight is 404 g/mol. The smallest absolute Gasteiger partial charge is 0.234 e. The van der Waals surface area contributed by atoms with Crippen molar-refractivity contribution < 1.29 is 4.79 Å². The van der Waals surface area contributed by atoms with Crippen LogP contribution in [-0.2, 0) is 4.79 Å². The minimum Gasteiger partial charge on any atom is -0.323 e. The normalized spacial score (nSPS) is 11.0. The molecule has 2 aromatic carbocycles. The van der Waals surface area contributed by atoms with Crippen LogP contribution >= 0.6 is 35.1 Å². The van der Waals surface area contributed by atoms with E-state index in [0.29, 0.717) is 21.4 Å². The lowest BCUT2D eigenvalue weighted by Crippen LogP contribution is -2.15. The van der Waals surface area contributed by atoms with Gasteiger partial charge in [0, 0.05) is 5.02 Å². The van der Waals surface area contributed by atoms with Crippen molar-refractivity contribution in [1.29, 1.82) is 0 Å². The van der Waals surface area contributed by atoms with E-state index in [9.17, 15) is 4.79 Å². The first-order valence-corrected chi connectivity index (χ1v) is 9.48. The molecule has 0 aliphatic heterocycles. The maximum absolute atomic E-state index is 12.3. The number of thioether (sulfide) groups is 1. The van der Waals surface area contributed by atoms with Crippen LogP contribution in [0.1, 0.15) is 0 Å². The quantitative estimate of drug-likeness (QED) is 0.511. The monoisotopic (exact) mass is 403 g/mol. The number of amides is 1. The summed E-state index contributed by atoms with van der Waals surface area (Å²) in [5.74, 6) is -0.0248. The van der Waals surface area contributed by atoms with Crippen molar-refractivity contribution in [3.63, 3.8) is 0 Å². The number of carbonyl (C=O) groups excluding carboxylic acids is 1. The third kappa shape index (κ3) is 3.52. The molecule has 0 aliphatic rings. The summed E-state index contributed by atoms with van der Waals surface area (Å²) in [4.78, 5) is 12.3. The molecule has 0 aliphatic carbocycles. The first-order valence-electron chi connectivity index (χ1n) is 7.39. The predicted octanol–water partition coefficient (Wildman–Crippen LogP) is 3.05. The molecule has 130 valence electrons. The summed E-state index contributed by atoms with van der Waals surface area (Å²) in [6, 6.07) is 12.6. The number of halogens is 1. The molecule has 11 heteroatoms. The number of tetrazole rings is 1. The van der Waals surface area contributed by atoms with Crippen LogP contribution in [0.25, 0.3) is 16.7 Å². The topological polar surface area (TPSA) is 98.5 Å². The minimum atomic E-state index is -0.179. The number of benzene rings is 2. The third-order valence-corrected chi connectivity index (χ3v) is 5.12. The lowest BCUT2D eigenvalue weighted by molar-refractivity contribution is -0.113. The Morgan fingerprint density at radius 1 is 1.19 bits per heavy atom. The molecule has 0 atom stereocenters. The van der Waals surface area contributed by atoms with Crippen LogP contribution in [0.15, 0.2) is 47.6 Å². The van der Waals surface area contributed by atoms with Crippen LogP contribution in [0, 0.1) is 0 Å². The molecule has 0 radical (unpaired) electrons. The van der Waals surface area contributed by atoms with Crippen LogP contribution < -0.4 is 5.32 Å². The number of nitrogens with zero attached hydrogens (tertiary/aromatic N) is 6. The van der Waals surface area contributed by atoms with Gasteiger partial charge < -0.3 is 5.32 Å². The van der Waals surface area contributed by atoms with Gasteiger partial charge in [-0.2, -0.15) is 13.4 Å². The van der Waals surface area contributed by atoms with Gasteiger partial charge in [0.05, 0.1) is 28.9 Å². The molecule has 0 saturated heterocycles. The zero-order chi connectivity index (χ0) is 17.9. The molecular weight excluding hydrogens is 394 g/mol. The van der Waals surface area contributed by atoms with E-state index in [0.717, 1.165) is 22.9 Å². The summed E-state index contributed by atoms with van der Waals surface area (Å²) in [7, 11) is 0. The summed E-state index contributed by atoms with van der Waals surface area (Å²) in [5, 5.41) is 15.6. The SMILES string of the molecule is O=C(CSc1nnnn1-c1ccc(Cl)cc1)Nc1cccc2nsnc12. The standard InChI is InChI=1S/C15H10ClN7OS2/c16-9-4-6-10(7-5-9)23-15(18-21-22-23)25-8-13(24)17-11-2-1-3-12-14(11)20-26-19-12/h1-7H,8H2,(H,17,24). The molecule has 4 rings (SSSR count). The molecular formula is C15H10ClN7OS2. The fourth-order valence-electron chi connectivity index (χ4n) is 2.24. The molecule has 26 heavy (non-hydrogen) atoms. The van der Waals surface area contributed by atoms with Crippen LogP contribution in [0.4, 0.5) is 5.69 Å². The van der Waals surface area contributed by atoms with Gasteiger partial charge in [-0.3, -0.25) is 4.79 Å². The van der Waals surface area contributed by atoms with Gasteiger partial charge in [0.15, 0.2) is 0 Å². The zero-order valence-corrected chi connectivity index (χ0v) is 15.4. The number of nitrogens with one attached hydrogen (secondary N) is 1. The van der Waals surface area contributed by atoms with Crippen molar-refractivity contribution >= 4 is 57.7 Å². The first kappa shape index (κ1) is 16.9. The highest BCUT2D eigenvalue weighted by Crippen LogP contribution is 2.23. The van der Waals surface area contributed by atoms with Crippen molar-refractivity contribution in [1.82, 2.24) is 29.0 Å². The molecule has 0 fully saturated rings. The van der Waals surface area contributed by atoms with Crippen LogP contribution in [0.5, 0.6) is 0 Å². The number of aromatic nitrogens is 6. The average Bonchev–Trinajstić information content (AvgIpc) is 3.30. The van der Waals surface area contributed by atoms with E-state index in [1.165, 1.54) is 11.8 Å². The second-order valence-corrected chi connectivity index (χ2v) is 7.03. The highest BCUT2D eigenvalue weighted by molar-refractivity contribution is 7.99. The fraction of sp³-hybridized carbons (Fsp3) is 0.0667. The Hall–Kier alpha value is -2.56. The number of rotatable bonds is 5. The van der Waals surface area contributed by atoms with E-state index >= 15 is 0 Å². The molecule has 2 aromatic heterocycles. The Bertz CT molecular complexity index is 1060. The molecule has 0 spiro atoms. The maximum atomic E-state index is 12.3. The van der Waals surface area contributed by atoms with Gasteiger partial charge >= 0.3 is 0 Å². The second kappa shape index (κ2) is 7.36. The molecule has 8 nitrogen and oxygen atoms in total. The van der Waals surface area contributed by atoms with Gasteiger partial charge in [-0.25, -0.2) is 0 Å². The Labute approximate surface area is 160 Å². The Morgan fingerprint density at radius 2 is 2.04 bits per heavy atom. The van der Waals surface area contributed by atoms with E-state index in [4.69, 9.17) is 11.6 Å². The molecule has 0 unspecified atom stereocenters. The fourth-order valence-corrected chi connectivity index (χ4v) is 3.60. The van der Waals surface area contributed by atoms with Gasteiger partial charge in [0.1, 0.15) is 11.0 Å². The number of anilines is 1.